The summed E-state index contributed by atoms with van der Waals surface area (Å²) in [7, 11) is -2.24. The van der Waals surface area contributed by atoms with Crippen LogP contribution in [0.3, 0.4) is 0 Å². The van der Waals surface area contributed by atoms with Gasteiger partial charge >= 0.3 is 0 Å². The highest BCUT2D eigenvalue weighted by molar-refractivity contribution is 7.89. The van der Waals surface area contributed by atoms with Crippen molar-refractivity contribution in [3.8, 4) is 0 Å². The predicted octanol–water partition coefficient (Wildman–Crippen LogP) is 0.610. The lowest BCUT2D eigenvalue weighted by Crippen LogP contribution is -2.35. The molecular formula is C14H18N4O3S. The lowest BCUT2D eigenvalue weighted by Gasteiger charge is -2.14. The van der Waals surface area contributed by atoms with Crippen molar-refractivity contribution in [2.24, 2.45) is 0 Å². The smallest absolute Gasteiger partial charge is 0.251 e. The molecule has 1 atom stereocenters. The molecule has 2 aromatic rings. The lowest BCUT2D eigenvalue weighted by molar-refractivity contribution is 0.0936. The van der Waals surface area contributed by atoms with E-state index in [9.17, 15) is 13.2 Å². The summed E-state index contributed by atoms with van der Waals surface area (Å²) < 4.78 is 27.4. The zero-order valence-corrected chi connectivity index (χ0v) is 13.2. The molecule has 0 aliphatic carbocycles. The molecule has 7 nitrogen and oxygen atoms in total. The van der Waals surface area contributed by atoms with E-state index in [2.05, 4.69) is 15.1 Å². The summed E-state index contributed by atoms with van der Waals surface area (Å²) >= 11 is 0. The van der Waals surface area contributed by atoms with Crippen LogP contribution in [-0.4, -0.2) is 37.2 Å². The van der Waals surface area contributed by atoms with Gasteiger partial charge in [0.2, 0.25) is 10.0 Å². The summed E-state index contributed by atoms with van der Waals surface area (Å²) in [6.07, 6.45) is 3.48. The third-order valence-corrected chi connectivity index (χ3v) is 4.48. The molecule has 1 amide bonds. The summed E-state index contributed by atoms with van der Waals surface area (Å²) in [6.45, 7) is 2.39. The van der Waals surface area contributed by atoms with Crippen LogP contribution in [0.4, 0.5) is 0 Å². The summed E-state index contributed by atoms with van der Waals surface area (Å²) in [5.74, 6) is -0.326. The van der Waals surface area contributed by atoms with Crippen LogP contribution < -0.4 is 10.0 Å². The SMILES string of the molecule is CNS(=O)(=O)c1cccc(C(=O)NC(C)Cn2cccn2)c1. The molecule has 2 rings (SSSR count). The van der Waals surface area contributed by atoms with Crippen molar-refractivity contribution in [1.82, 2.24) is 19.8 Å². The average Bonchev–Trinajstić information content (AvgIpc) is 3.00. The van der Waals surface area contributed by atoms with E-state index < -0.39 is 10.0 Å². The Balaban J connectivity index is 2.08. The van der Waals surface area contributed by atoms with Crippen LogP contribution in [0.5, 0.6) is 0 Å². The minimum Gasteiger partial charge on any atom is -0.348 e. The number of hydrogen-bond donors (Lipinski definition) is 2. The Morgan fingerprint density at radius 2 is 2.14 bits per heavy atom. The summed E-state index contributed by atoms with van der Waals surface area (Å²) in [4.78, 5) is 12.3. The molecule has 1 aromatic heterocycles. The van der Waals surface area contributed by atoms with Gasteiger partial charge in [-0.25, -0.2) is 13.1 Å². The van der Waals surface area contributed by atoms with E-state index >= 15 is 0 Å². The van der Waals surface area contributed by atoms with Gasteiger partial charge in [-0.2, -0.15) is 5.10 Å². The van der Waals surface area contributed by atoms with E-state index in [1.54, 1.807) is 23.0 Å². The van der Waals surface area contributed by atoms with E-state index in [4.69, 9.17) is 0 Å². The van der Waals surface area contributed by atoms with E-state index in [1.165, 1.54) is 25.2 Å². The Morgan fingerprint density at radius 1 is 1.36 bits per heavy atom. The van der Waals surface area contributed by atoms with Crippen LogP contribution in [0.25, 0.3) is 0 Å². The first-order valence-corrected chi connectivity index (χ1v) is 8.22. The van der Waals surface area contributed by atoms with Crippen molar-refractivity contribution in [2.75, 3.05) is 7.05 Å². The zero-order valence-electron chi connectivity index (χ0n) is 12.4. The third kappa shape index (κ3) is 3.92. The molecule has 118 valence electrons. The average molecular weight is 322 g/mol. The number of amides is 1. The van der Waals surface area contributed by atoms with Crippen molar-refractivity contribution < 1.29 is 13.2 Å². The third-order valence-electron chi connectivity index (χ3n) is 3.07. The van der Waals surface area contributed by atoms with E-state index in [0.717, 1.165) is 0 Å². The van der Waals surface area contributed by atoms with Crippen LogP contribution in [0.2, 0.25) is 0 Å². The molecule has 0 spiro atoms. The highest BCUT2D eigenvalue weighted by Crippen LogP contribution is 2.11. The molecular weight excluding hydrogens is 304 g/mol. The fraction of sp³-hybridized carbons (Fsp3) is 0.286. The normalized spacial score (nSPS) is 12.8. The number of rotatable bonds is 6. The second-order valence-electron chi connectivity index (χ2n) is 4.84. The Labute approximate surface area is 129 Å². The lowest BCUT2D eigenvalue weighted by atomic mass is 10.2. The maximum atomic E-state index is 12.2. The highest BCUT2D eigenvalue weighted by Gasteiger charge is 2.15. The number of aromatic nitrogens is 2. The number of hydrogen-bond acceptors (Lipinski definition) is 4. The summed E-state index contributed by atoms with van der Waals surface area (Å²) in [6, 6.07) is 7.57. The first kappa shape index (κ1) is 16.2. The molecule has 22 heavy (non-hydrogen) atoms. The van der Waals surface area contributed by atoms with Crippen molar-refractivity contribution in [3.63, 3.8) is 0 Å². The molecule has 1 aromatic carbocycles. The first-order chi connectivity index (χ1) is 10.4. The van der Waals surface area contributed by atoms with Gasteiger partial charge in [0, 0.05) is 24.0 Å². The molecule has 2 N–H and O–H groups in total. The standard InChI is InChI=1S/C14H18N4O3S/c1-11(10-18-8-4-7-16-18)17-14(19)12-5-3-6-13(9-12)22(20,21)15-2/h3-9,11,15H,10H2,1-2H3,(H,17,19). The second kappa shape index (κ2) is 6.71. The van der Waals surface area contributed by atoms with Crippen LogP contribution >= 0.6 is 0 Å². The number of sulfonamides is 1. The van der Waals surface area contributed by atoms with Crippen LogP contribution in [0.1, 0.15) is 17.3 Å². The minimum absolute atomic E-state index is 0.0578. The fourth-order valence-corrected chi connectivity index (χ4v) is 2.74. The van der Waals surface area contributed by atoms with Gasteiger partial charge in [-0.1, -0.05) is 6.07 Å². The van der Waals surface area contributed by atoms with Crippen molar-refractivity contribution in [2.45, 2.75) is 24.4 Å². The van der Waals surface area contributed by atoms with Gasteiger partial charge < -0.3 is 5.32 Å². The summed E-state index contributed by atoms with van der Waals surface area (Å²) in [5.41, 5.74) is 0.295. The van der Waals surface area contributed by atoms with Crippen molar-refractivity contribution in [1.29, 1.82) is 0 Å². The number of benzene rings is 1. The molecule has 1 unspecified atom stereocenters. The van der Waals surface area contributed by atoms with Gasteiger partial charge in [0.1, 0.15) is 0 Å². The number of carbonyl (C=O) groups excluding carboxylic acids is 1. The number of carbonyl (C=O) groups is 1. The van der Waals surface area contributed by atoms with Gasteiger partial charge in [-0.3, -0.25) is 9.48 Å². The number of nitrogens with zero attached hydrogens (tertiary/aromatic N) is 2. The van der Waals surface area contributed by atoms with Gasteiger partial charge in [0.05, 0.1) is 11.4 Å². The quantitative estimate of drug-likeness (QED) is 0.815. The Morgan fingerprint density at radius 3 is 2.77 bits per heavy atom. The molecule has 0 saturated carbocycles. The maximum absolute atomic E-state index is 12.2. The van der Waals surface area contributed by atoms with E-state index in [-0.39, 0.29) is 16.8 Å². The van der Waals surface area contributed by atoms with Crippen molar-refractivity contribution >= 4 is 15.9 Å². The fourth-order valence-electron chi connectivity index (χ4n) is 1.96. The number of nitrogens with one attached hydrogen (secondary N) is 2. The molecule has 8 heteroatoms. The van der Waals surface area contributed by atoms with Crippen LogP contribution in [0.15, 0.2) is 47.6 Å². The van der Waals surface area contributed by atoms with Crippen LogP contribution in [-0.2, 0) is 16.6 Å². The Bertz CT molecular complexity index is 741. The largest absolute Gasteiger partial charge is 0.348 e. The Hall–Kier alpha value is -2.19. The monoisotopic (exact) mass is 322 g/mol. The predicted molar refractivity (Wildman–Crippen MR) is 81.8 cm³/mol. The molecule has 0 fully saturated rings. The van der Waals surface area contributed by atoms with Crippen LogP contribution in [0, 0.1) is 0 Å². The molecule has 0 saturated heterocycles. The minimum atomic E-state index is -3.57. The van der Waals surface area contributed by atoms with Gasteiger partial charge in [0.25, 0.3) is 5.91 Å². The maximum Gasteiger partial charge on any atom is 0.251 e. The van der Waals surface area contributed by atoms with Gasteiger partial charge in [-0.15, -0.1) is 0 Å². The zero-order chi connectivity index (χ0) is 16.2. The van der Waals surface area contributed by atoms with Crippen molar-refractivity contribution in [3.05, 3.63) is 48.3 Å². The first-order valence-electron chi connectivity index (χ1n) is 6.74. The topological polar surface area (TPSA) is 93.1 Å². The Kier molecular flexibility index (Phi) is 4.94. The molecule has 0 bridgehead atoms. The molecule has 0 aliphatic rings. The molecule has 0 radical (unpaired) electrons. The molecule has 0 aliphatic heterocycles. The van der Waals surface area contributed by atoms with Gasteiger partial charge in [-0.05, 0) is 38.2 Å². The van der Waals surface area contributed by atoms with E-state index in [0.29, 0.717) is 12.1 Å². The molecule has 1 heterocycles. The van der Waals surface area contributed by atoms with E-state index in [1.807, 2.05) is 13.1 Å². The highest BCUT2D eigenvalue weighted by atomic mass is 32.2. The van der Waals surface area contributed by atoms with Gasteiger partial charge in [0.15, 0.2) is 0 Å². The summed E-state index contributed by atoms with van der Waals surface area (Å²) in [5, 5.41) is 6.89. The second-order valence-corrected chi connectivity index (χ2v) is 6.72.